The van der Waals surface area contributed by atoms with Crippen LogP contribution in [0.5, 0.6) is 0 Å². The van der Waals surface area contributed by atoms with Gasteiger partial charge in [0.05, 0.1) is 13.2 Å². The molecule has 4 rings (SSSR count). The van der Waals surface area contributed by atoms with E-state index in [-0.39, 0.29) is 5.97 Å². The summed E-state index contributed by atoms with van der Waals surface area (Å²) in [6.45, 7) is 8.09. The molecule has 4 aliphatic carbocycles. The molecule has 0 aromatic rings. The Kier molecular flexibility index (Phi) is 7.09. The lowest BCUT2D eigenvalue weighted by molar-refractivity contribution is -0.153. The van der Waals surface area contributed by atoms with E-state index < -0.39 is 0 Å². The fourth-order valence-corrected chi connectivity index (χ4v) is 9.16. The van der Waals surface area contributed by atoms with Gasteiger partial charge in [0, 0.05) is 13.5 Å². The predicted molar refractivity (Wildman–Crippen MR) is 122 cm³/mol. The molecule has 0 saturated heterocycles. The molecular formula is C27H46O4. The van der Waals surface area contributed by atoms with Crippen molar-refractivity contribution in [1.82, 2.24) is 0 Å². The molecule has 0 spiro atoms. The average molecular weight is 435 g/mol. The second-order valence-electron chi connectivity index (χ2n) is 11.9. The Balaban J connectivity index is 1.43. The Hall–Kier alpha value is -0.610. The number of carbonyl (C=O) groups is 1. The number of ether oxygens (including phenoxy) is 3. The van der Waals surface area contributed by atoms with Crippen molar-refractivity contribution in [2.75, 3.05) is 21.0 Å². The third-order valence-electron chi connectivity index (χ3n) is 10.8. The van der Waals surface area contributed by atoms with Crippen LogP contribution in [0, 0.1) is 46.3 Å². The van der Waals surface area contributed by atoms with Crippen molar-refractivity contribution in [2.45, 2.75) is 97.5 Å². The summed E-state index contributed by atoms with van der Waals surface area (Å²) in [5.41, 5.74) is 0.977. The standard InChI is InChI=1S/C27H46O4/c1-18(6-11-25(28)30-5)22-9-10-23-21-8-7-19-16-20(31-17-29-4)12-14-26(19,2)24(21)13-15-27(22,23)3/h18-24H,6-17H2,1-5H3/t18-,19-,20-,21+,22-,23+,24+,26+,27-/m1/s1. The molecule has 4 fully saturated rings. The first-order chi connectivity index (χ1) is 14.8. The van der Waals surface area contributed by atoms with Gasteiger partial charge in [-0.15, -0.1) is 0 Å². The molecule has 4 heteroatoms. The van der Waals surface area contributed by atoms with Gasteiger partial charge in [0.2, 0.25) is 0 Å². The molecule has 4 aliphatic rings. The highest BCUT2D eigenvalue weighted by atomic mass is 16.7. The number of hydrogen-bond donors (Lipinski definition) is 0. The Morgan fingerprint density at radius 1 is 0.968 bits per heavy atom. The zero-order chi connectivity index (χ0) is 22.2. The van der Waals surface area contributed by atoms with Crippen LogP contribution >= 0.6 is 0 Å². The Bertz CT molecular complexity index is 635. The van der Waals surface area contributed by atoms with Crippen molar-refractivity contribution in [3.8, 4) is 0 Å². The van der Waals surface area contributed by atoms with E-state index >= 15 is 0 Å². The largest absolute Gasteiger partial charge is 0.469 e. The molecule has 0 radical (unpaired) electrons. The van der Waals surface area contributed by atoms with Gasteiger partial charge in [0.25, 0.3) is 0 Å². The maximum absolute atomic E-state index is 11.7. The van der Waals surface area contributed by atoms with E-state index in [0.717, 1.165) is 36.0 Å². The van der Waals surface area contributed by atoms with Crippen LogP contribution in [0.3, 0.4) is 0 Å². The van der Waals surface area contributed by atoms with Crippen LogP contribution in [0.15, 0.2) is 0 Å². The number of fused-ring (bicyclic) bond motifs is 5. The van der Waals surface area contributed by atoms with Crippen molar-refractivity contribution in [3.63, 3.8) is 0 Å². The maximum Gasteiger partial charge on any atom is 0.305 e. The summed E-state index contributed by atoms with van der Waals surface area (Å²) >= 11 is 0. The second kappa shape index (κ2) is 9.33. The van der Waals surface area contributed by atoms with E-state index in [0.29, 0.717) is 36.1 Å². The molecule has 178 valence electrons. The monoisotopic (exact) mass is 434 g/mol. The molecule has 0 aliphatic heterocycles. The van der Waals surface area contributed by atoms with Gasteiger partial charge in [-0.1, -0.05) is 20.8 Å². The summed E-state index contributed by atoms with van der Waals surface area (Å²) in [6, 6.07) is 0. The van der Waals surface area contributed by atoms with Crippen LogP contribution < -0.4 is 0 Å². The summed E-state index contributed by atoms with van der Waals surface area (Å²) < 4.78 is 16.1. The highest BCUT2D eigenvalue weighted by Gasteiger charge is 2.60. The van der Waals surface area contributed by atoms with Gasteiger partial charge >= 0.3 is 5.97 Å². The number of esters is 1. The minimum Gasteiger partial charge on any atom is -0.469 e. The Morgan fingerprint density at radius 3 is 2.45 bits per heavy atom. The SMILES string of the molecule is COCO[C@@H]1CC[C@@]2(C)[C@H](CC[C@@H]3[C@@H]2CC[C@]2(C)[C@@H]([C@H](C)CCC(=O)OC)CC[C@@H]32)C1. The first-order valence-corrected chi connectivity index (χ1v) is 13.0. The highest BCUT2D eigenvalue weighted by molar-refractivity contribution is 5.69. The van der Waals surface area contributed by atoms with E-state index in [1.807, 2.05) is 0 Å². The molecule has 0 N–H and O–H groups in total. The summed E-state index contributed by atoms with van der Waals surface area (Å²) in [5, 5.41) is 0. The number of carbonyl (C=O) groups excluding carboxylic acids is 1. The molecule has 0 bridgehead atoms. The summed E-state index contributed by atoms with van der Waals surface area (Å²) in [6.07, 6.45) is 14.1. The van der Waals surface area contributed by atoms with Crippen LogP contribution in [0.25, 0.3) is 0 Å². The highest BCUT2D eigenvalue weighted by Crippen LogP contribution is 2.68. The van der Waals surface area contributed by atoms with Crippen molar-refractivity contribution in [3.05, 3.63) is 0 Å². The molecular weight excluding hydrogens is 388 g/mol. The van der Waals surface area contributed by atoms with Gasteiger partial charge in [0.1, 0.15) is 6.79 Å². The lowest BCUT2D eigenvalue weighted by Crippen LogP contribution is -2.54. The Labute approximate surface area is 190 Å². The quantitative estimate of drug-likeness (QED) is 0.352. The molecule has 4 nitrogen and oxygen atoms in total. The summed E-state index contributed by atoms with van der Waals surface area (Å²) in [5.74, 6) is 4.86. The minimum atomic E-state index is -0.0495. The maximum atomic E-state index is 11.7. The van der Waals surface area contributed by atoms with E-state index in [1.165, 1.54) is 64.9 Å². The zero-order valence-electron chi connectivity index (χ0n) is 20.7. The first kappa shape index (κ1) is 23.5. The van der Waals surface area contributed by atoms with Crippen LogP contribution in [0.1, 0.15) is 91.4 Å². The van der Waals surface area contributed by atoms with Gasteiger partial charge in [-0.25, -0.2) is 0 Å². The molecule has 0 amide bonds. The number of methoxy groups -OCH3 is 2. The van der Waals surface area contributed by atoms with Crippen LogP contribution in [-0.2, 0) is 19.0 Å². The van der Waals surface area contributed by atoms with Gasteiger partial charge in [-0.05, 0) is 111 Å². The van der Waals surface area contributed by atoms with E-state index in [2.05, 4.69) is 20.8 Å². The summed E-state index contributed by atoms with van der Waals surface area (Å²) in [7, 11) is 3.23. The lowest BCUT2D eigenvalue weighted by atomic mass is 9.44. The van der Waals surface area contributed by atoms with Crippen molar-refractivity contribution in [2.24, 2.45) is 46.3 Å². The molecule has 0 unspecified atom stereocenters. The van der Waals surface area contributed by atoms with Crippen molar-refractivity contribution in [1.29, 1.82) is 0 Å². The van der Waals surface area contributed by atoms with Crippen LogP contribution in [0.4, 0.5) is 0 Å². The number of hydrogen-bond acceptors (Lipinski definition) is 4. The molecule has 9 atom stereocenters. The predicted octanol–water partition coefficient (Wildman–Crippen LogP) is 6.22. The second-order valence-corrected chi connectivity index (χ2v) is 11.9. The van der Waals surface area contributed by atoms with Crippen LogP contribution in [0.2, 0.25) is 0 Å². The van der Waals surface area contributed by atoms with E-state index in [4.69, 9.17) is 14.2 Å². The first-order valence-electron chi connectivity index (χ1n) is 13.0. The average Bonchev–Trinajstić information content (AvgIpc) is 3.13. The molecule has 0 aromatic heterocycles. The van der Waals surface area contributed by atoms with Gasteiger partial charge in [0.15, 0.2) is 0 Å². The smallest absolute Gasteiger partial charge is 0.305 e. The lowest BCUT2D eigenvalue weighted by Gasteiger charge is -2.61. The van der Waals surface area contributed by atoms with Gasteiger partial charge in [-0.2, -0.15) is 0 Å². The van der Waals surface area contributed by atoms with Crippen molar-refractivity contribution < 1.29 is 19.0 Å². The molecule has 0 heterocycles. The van der Waals surface area contributed by atoms with Crippen molar-refractivity contribution >= 4 is 5.97 Å². The van der Waals surface area contributed by atoms with Gasteiger partial charge < -0.3 is 14.2 Å². The Morgan fingerprint density at radius 2 is 1.71 bits per heavy atom. The fourth-order valence-electron chi connectivity index (χ4n) is 9.16. The van der Waals surface area contributed by atoms with E-state index in [9.17, 15) is 4.79 Å². The van der Waals surface area contributed by atoms with Crippen LogP contribution in [-0.4, -0.2) is 33.1 Å². The number of rotatable bonds is 7. The molecule has 4 saturated carbocycles. The fraction of sp³-hybridized carbons (Fsp3) is 0.963. The normalized spacial score (nSPS) is 45.3. The topological polar surface area (TPSA) is 44.8 Å². The molecule has 0 aromatic carbocycles. The van der Waals surface area contributed by atoms with E-state index in [1.54, 1.807) is 7.11 Å². The minimum absolute atomic E-state index is 0.0495. The summed E-state index contributed by atoms with van der Waals surface area (Å²) in [4.78, 5) is 11.7. The zero-order valence-corrected chi connectivity index (χ0v) is 20.7. The third-order valence-corrected chi connectivity index (χ3v) is 10.8. The molecule has 31 heavy (non-hydrogen) atoms. The third kappa shape index (κ3) is 4.21. The van der Waals surface area contributed by atoms with Gasteiger partial charge in [-0.3, -0.25) is 4.79 Å².